The lowest BCUT2D eigenvalue weighted by molar-refractivity contribution is -0.148. The van der Waals surface area contributed by atoms with Gasteiger partial charge in [0.2, 0.25) is 15.3 Å². The molecule has 3 aromatic carbocycles. The van der Waals surface area contributed by atoms with Crippen molar-refractivity contribution in [3.63, 3.8) is 0 Å². The number of nitrogens with one attached hydrogen (secondary N) is 1. The first-order chi connectivity index (χ1) is 17.7. The van der Waals surface area contributed by atoms with Crippen molar-refractivity contribution in [3.8, 4) is 11.1 Å². The molecule has 1 fully saturated rings. The van der Waals surface area contributed by atoms with Crippen molar-refractivity contribution < 1.29 is 27.5 Å². The fraction of sp³-hybridized carbons (Fsp3) is 0.286. The first kappa shape index (κ1) is 26.9. The Hall–Kier alpha value is -3.20. The van der Waals surface area contributed by atoms with Crippen LogP contribution in [-0.4, -0.2) is 44.5 Å². The molecule has 7 nitrogen and oxygen atoms in total. The summed E-state index contributed by atoms with van der Waals surface area (Å²) in [6.45, 7) is 2.90. The van der Waals surface area contributed by atoms with Gasteiger partial charge in [0.25, 0.3) is 0 Å². The lowest BCUT2D eigenvalue weighted by Gasteiger charge is -2.19. The second-order valence-corrected chi connectivity index (χ2v) is 11.5. The molecule has 0 spiro atoms. The van der Waals surface area contributed by atoms with Gasteiger partial charge >= 0.3 is 11.9 Å². The van der Waals surface area contributed by atoms with Gasteiger partial charge in [-0.2, -0.15) is 0 Å². The first-order valence-electron chi connectivity index (χ1n) is 11.9. The molecule has 1 aliphatic rings. The van der Waals surface area contributed by atoms with Gasteiger partial charge in [-0.3, -0.25) is 14.9 Å². The van der Waals surface area contributed by atoms with E-state index in [9.17, 15) is 18.0 Å². The molecule has 194 valence electrons. The van der Waals surface area contributed by atoms with Crippen molar-refractivity contribution in [2.75, 3.05) is 13.2 Å². The third-order valence-electron chi connectivity index (χ3n) is 6.45. The molecule has 0 radical (unpaired) electrons. The van der Waals surface area contributed by atoms with Crippen LogP contribution < -0.4 is 5.32 Å². The highest BCUT2D eigenvalue weighted by molar-refractivity contribution is 7.91. The van der Waals surface area contributed by atoms with Crippen molar-refractivity contribution in [2.24, 2.45) is 0 Å². The maximum atomic E-state index is 13.0. The first-order valence-corrected chi connectivity index (χ1v) is 13.9. The maximum Gasteiger partial charge on any atom is 0.327 e. The fourth-order valence-corrected chi connectivity index (χ4v) is 5.55. The highest BCUT2D eigenvalue weighted by Crippen LogP contribution is 2.52. The van der Waals surface area contributed by atoms with E-state index in [1.165, 1.54) is 19.1 Å². The molecule has 9 heteroatoms. The molecule has 1 aliphatic carbocycles. The van der Waals surface area contributed by atoms with Crippen LogP contribution in [0.25, 0.3) is 11.1 Å². The van der Waals surface area contributed by atoms with Crippen LogP contribution in [0.2, 0.25) is 5.02 Å². The molecule has 4 rings (SSSR count). The standard InChI is InChI=1S/C28H28ClNO6S/c1-3-35-27(32)28(17-25(28)22-7-5-4-6-8-22)30-18-26(31)36-19(2)37(33,34)24-15-11-21(12-16-24)20-9-13-23(29)14-10-20/h4-16,19,25,30H,3,17-18H2,1-2H3/t19?,25-,28+/m1/s1. The van der Waals surface area contributed by atoms with Crippen molar-refractivity contribution >= 4 is 33.4 Å². The average Bonchev–Trinajstić information content (AvgIpc) is 3.65. The van der Waals surface area contributed by atoms with Gasteiger partial charge in [0.15, 0.2) is 0 Å². The Labute approximate surface area is 221 Å². The van der Waals surface area contributed by atoms with Crippen molar-refractivity contribution in [1.82, 2.24) is 5.32 Å². The lowest BCUT2D eigenvalue weighted by atomic mass is 10.1. The molecular weight excluding hydrogens is 514 g/mol. The summed E-state index contributed by atoms with van der Waals surface area (Å²) in [4.78, 5) is 25.3. The molecule has 0 bridgehead atoms. The topological polar surface area (TPSA) is 98.8 Å². The molecule has 3 atom stereocenters. The van der Waals surface area contributed by atoms with Crippen LogP contribution in [0, 0.1) is 0 Å². The molecule has 0 saturated heterocycles. The minimum absolute atomic E-state index is 0.0350. The van der Waals surface area contributed by atoms with Crippen LogP contribution >= 0.6 is 11.6 Å². The van der Waals surface area contributed by atoms with Gasteiger partial charge in [-0.05, 0) is 61.2 Å². The molecule has 3 aromatic rings. The second kappa shape index (κ2) is 11.0. The zero-order valence-corrected chi connectivity index (χ0v) is 22.1. The van der Waals surface area contributed by atoms with Gasteiger partial charge in [0, 0.05) is 10.9 Å². The van der Waals surface area contributed by atoms with E-state index in [-0.39, 0.29) is 24.0 Å². The van der Waals surface area contributed by atoms with Crippen molar-refractivity contribution in [2.45, 2.75) is 42.1 Å². The summed E-state index contributed by atoms with van der Waals surface area (Å²) in [6, 6.07) is 23.0. The number of carbonyl (C=O) groups is 2. The highest BCUT2D eigenvalue weighted by atomic mass is 35.5. The van der Waals surface area contributed by atoms with Gasteiger partial charge in [-0.25, -0.2) is 8.42 Å². The molecule has 0 aliphatic heterocycles. The molecule has 0 amide bonds. The summed E-state index contributed by atoms with van der Waals surface area (Å²) < 4.78 is 36.5. The minimum Gasteiger partial charge on any atom is -0.465 e. The highest BCUT2D eigenvalue weighted by Gasteiger charge is 2.61. The number of halogens is 1. The Bertz CT molecular complexity index is 1360. The van der Waals surface area contributed by atoms with Crippen LogP contribution in [0.15, 0.2) is 83.8 Å². The Morgan fingerprint density at radius 3 is 2.19 bits per heavy atom. The van der Waals surface area contributed by atoms with E-state index in [0.717, 1.165) is 16.7 Å². The van der Waals surface area contributed by atoms with Crippen LogP contribution in [0.1, 0.15) is 31.7 Å². The molecule has 37 heavy (non-hydrogen) atoms. The van der Waals surface area contributed by atoms with E-state index in [1.54, 1.807) is 31.2 Å². The van der Waals surface area contributed by atoms with E-state index in [4.69, 9.17) is 21.1 Å². The minimum atomic E-state index is -3.94. The Morgan fingerprint density at radius 1 is 1.00 bits per heavy atom. The summed E-state index contributed by atoms with van der Waals surface area (Å²) in [5.74, 6) is -1.38. The number of benzene rings is 3. The molecule has 1 saturated carbocycles. The van der Waals surface area contributed by atoms with Crippen LogP contribution in [0.4, 0.5) is 0 Å². The number of carbonyl (C=O) groups excluding carboxylic acids is 2. The summed E-state index contributed by atoms with van der Waals surface area (Å²) in [7, 11) is -3.94. The van der Waals surface area contributed by atoms with Crippen LogP contribution in [0.3, 0.4) is 0 Å². The monoisotopic (exact) mass is 541 g/mol. The van der Waals surface area contributed by atoms with Gasteiger partial charge in [-0.15, -0.1) is 0 Å². The van der Waals surface area contributed by atoms with Crippen molar-refractivity contribution in [3.05, 3.63) is 89.4 Å². The number of rotatable bonds is 10. The third kappa shape index (κ3) is 5.87. The Kier molecular flexibility index (Phi) is 8.02. The maximum absolute atomic E-state index is 13.0. The van der Waals surface area contributed by atoms with Crippen LogP contribution in [0.5, 0.6) is 0 Å². The Balaban J connectivity index is 1.39. The average molecular weight is 542 g/mol. The number of ether oxygens (including phenoxy) is 2. The van der Waals surface area contributed by atoms with E-state index in [1.807, 2.05) is 42.5 Å². The second-order valence-electron chi connectivity index (χ2n) is 8.85. The van der Waals surface area contributed by atoms with Gasteiger partial charge in [0.05, 0.1) is 18.0 Å². The Morgan fingerprint density at radius 2 is 1.59 bits per heavy atom. The molecule has 1 unspecified atom stereocenters. The van der Waals surface area contributed by atoms with E-state index >= 15 is 0 Å². The van der Waals surface area contributed by atoms with E-state index in [2.05, 4.69) is 5.32 Å². The summed E-state index contributed by atoms with van der Waals surface area (Å²) in [6.07, 6.45) is 0.469. The zero-order valence-electron chi connectivity index (χ0n) is 20.5. The largest absolute Gasteiger partial charge is 0.465 e. The smallest absolute Gasteiger partial charge is 0.327 e. The van der Waals surface area contributed by atoms with Gasteiger partial charge in [-0.1, -0.05) is 66.2 Å². The summed E-state index contributed by atoms with van der Waals surface area (Å²) in [5.41, 5.74) is 0.213. The normalized spacial score (nSPS) is 19.6. The predicted octanol–water partition coefficient (Wildman–Crippen LogP) is 4.75. The van der Waals surface area contributed by atoms with E-state index < -0.39 is 32.8 Å². The predicted molar refractivity (Wildman–Crippen MR) is 141 cm³/mol. The zero-order chi connectivity index (χ0) is 26.6. The molecule has 0 aromatic heterocycles. The SMILES string of the molecule is CCOC(=O)[C@]1(NCC(=O)OC(C)S(=O)(=O)c2ccc(-c3ccc(Cl)cc3)cc2)C[C@@H]1c1ccccc1. The lowest BCUT2D eigenvalue weighted by Crippen LogP contribution is -2.45. The van der Waals surface area contributed by atoms with Gasteiger partial charge in [0.1, 0.15) is 5.54 Å². The van der Waals surface area contributed by atoms with Gasteiger partial charge < -0.3 is 9.47 Å². The van der Waals surface area contributed by atoms with Crippen LogP contribution in [-0.2, 0) is 28.9 Å². The summed E-state index contributed by atoms with van der Waals surface area (Å²) >= 11 is 5.93. The van der Waals surface area contributed by atoms with E-state index in [0.29, 0.717) is 11.4 Å². The third-order valence-corrected chi connectivity index (χ3v) is 8.60. The fourth-order valence-electron chi connectivity index (χ4n) is 4.29. The molecular formula is C28H28ClNO6S. The summed E-state index contributed by atoms with van der Waals surface area (Å²) in [5, 5.41) is 3.59. The molecule has 0 heterocycles. The van der Waals surface area contributed by atoms with Crippen molar-refractivity contribution in [1.29, 1.82) is 0 Å². The number of esters is 2. The number of sulfone groups is 1. The number of hydrogen-bond donors (Lipinski definition) is 1. The molecule has 1 N–H and O–H groups in total. The number of hydrogen-bond acceptors (Lipinski definition) is 7. The quantitative estimate of drug-likeness (QED) is 0.370.